The molecule has 0 bridgehead atoms. The lowest BCUT2D eigenvalue weighted by Gasteiger charge is -2.13. The minimum absolute atomic E-state index is 0.163. The second-order valence-electron chi connectivity index (χ2n) is 6.01. The van der Waals surface area contributed by atoms with Gasteiger partial charge >= 0.3 is 0 Å². The molecule has 146 valence electrons. The lowest BCUT2D eigenvalue weighted by atomic mass is 10.2. The van der Waals surface area contributed by atoms with E-state index in [1.807, 2.05) is 35.8 Å². The molecule has 28 heavy (non-hydrogen) atoms. The van der Waals surface area contributed by atoms with Gasteiger partial charge in [-0.1, -0.05) is 23.9 Å². The van der Waals surface area contributed by atoms with Gasteiger partial charge in [-0.3, -0.25) is 4.79 Å². The number of carbonyl (C=O) groups excluding carboxylic acids is 1. The van der Waals surface area contributed by atoms with Gasteiger partial charge in [0.2, 0.25) is 5.91 Å². The molecule has 0 aliphatic rings. The standard InChI is InChI=1S/C20H21FN4O2S/c1-4-25-18(14-9-11-15(27-3)12-10-14)23-24-20(25)28-13(2)19(26)22-17-8-6-5-7-16(17)21/h5-13H,4H2,1-3H3,(H,22,26)/t13-/m0/s1. The smallest absolute Gasteiger partial charge is 0.237 e. The first-order chi connectivity index (χ1) is 13.5. The molecule has 2 aromatic carbocycles. The summed E-state index contributed by atoms with van der Waals surface area (Å²) in [6.07, 6.45) is 0. The number of para-hydroxylation sites is 1. The molecule has 1 atom stereocenters. The van der Waals surface area contributed by atoms with Crippen LogP contribution in [0.2, 0.25) is 0 Å². The Hall–Kier alpha value is -2.87. The maximum Gasteiger partial charge on any atom is 0.237 e. The van der Waals surface area contributed by atoms with Gasteiger partial charge in [-0.25, -0.2) is 4.39 Å². The summed E-state index contributed by atoms with van der Waals surface area (Å²) in [6.45, 7) is 4.39. The average molecular weight is 400 g/mol. The summed E-state index contributed by atoms with van der Waals surface area (Å²) in [7, 11) is 1.62. The number of methoxy groups -OCH3 is 1. The molecule has 0 saturated heterocycles. The van der Waals surface area contributed by atoms with Crippen molar-refractivity contribution in [2.75, 3.05) is 12.4 Å². The quantitative estimate of drug-likeness (QED) is 0.601. The van der Waals surface area contributed by atoms with E-state index < -0.39 is 11.1 Å². The highest BCUT2D eigenvalue weighted by molar-refractivity contribution is 8.00. The predicted molar refractivity (Wildman–Crippen MR) is 108 cm³/mol. The molecule has 0 radical (unpaired) electrons. The van der Waals surface area contributed by atoms with Gasteiger partial charge in [0.15, 0.2) is 11.0 Å². The summed E-state index contributed by atoms with van der Waals surface area (Å²) >= 11 is 1.28. The Morgan fingerprint density at radius 3 is 2.57 bits per heavy atom. The number of halogens is 1. The van der Waals surface area contributed by atoms with Crippen LogP contribution in [0.25, 0.3) is 11.4 Å². The third-order valence-corrected chi connectivity index (χ3v) is 5.24. The molecule has 1 heterocycles. The van der Waals surface area contributed by atoms with E-state index in [9.17, 15) is 9.18 Å². The van der Waals surface area contributed by atoms with Gasteiger partial charge in [0, 0.05) is 12.1 Å². The third kappa shape index (κ3) is 4.33. The molecular weight excluding hydrogens is 379 g/mol. The summed E-state index contributed by atoms with van der Waals surface area (Å²) < 4.78 is 20.9. The van der Waals surface area contributed by atoms with Crippen LogP contribution in [0, 0.1) is 5.82 Å². The summed E-state index contributed by atoms with van der Waals surface area (Å²) in [4.78, 5) is 12.4. The first kappa shape index (κ1) is 19.9. The van der Waals surface area contributed by atoms with Crippen molar-refractivity contribution in [2.45, 2.75) is 30.8 Å². The number of thioether (sulfide) groups is 1. The van der Waals surface area contributed by atoms with Crippen molar-refractivity contribution in [3.63, 3.8) is 0 Å². The highest BCUT2D eigenvalue weighted by Crippen LogP contribution is 2.28. The summed E-state index contributed by atoms with van der Waals surface area (Å²) in [5.41, 5.74) is 1.07. The van der Waals surface area contributed by atoms with Gasteiger partial charge in [-0.2, -0.15) is 0 Å². The van der Waals surface area contributed by atoms with Gasteiger partial charge in [0.05, 0.1) is 18.0 Å². The average Bonchev–Trinajstić information content (AvgIpc) is 3.12. The second kappa shape index (κ2) is 8.88. The highest BCUT2D eigenvalue weighted by atomic mass is 32.2. The van der Waals surface area contributed by atoms with Crippen molar-refractivity contribution in [3.05, 3.63) is 54.3 Å². The van der Waals surface area contributed by atoms with Crippen LogP contribution in [0.4, 0.5) is 10.1 Å². The van der Waals surface area contributed by atoms with Gasteiger partial charge < -0.3 is 14.6 Å². The van der Waals surface area contributed by atoms with Crippen LogP contribution >= 0.6 is 11.8 Å². The Morgan fingerprint density at radius 1 is 1.21 bits per heavy atom. The number of hydrogen-bond acceptors (Lipinski definition) is 5. The molecule has 0 unspecified atom stereocenters. The van der Waals surface area contributed by atoms with Crippen molar-refractivity contribution in [2.24, 2.45) is 0 Å². The van der Waals surface area contributed by atoms with Crippen LogP contribution in [-0.2, 0) is 11.3 Å². The van der Waals surface area contributed by atoms with Gasteiger partial charge in [-0.15, -0.1) is 10.2 Å². The molecule has 0 spiro atoms. The number of hydrogen-bond donors (Lipinski definition) is 1. The minimum atomic E-state index is -0.474. The summed E-state index contributed by atoms with van der Waals surface area (Å²) in [5, 5.41) is 11.3. The van der Waals surface area contributed by atoms with E-state index in [0.29, 0.717) is 11.7 Å². The van der Waals surface area contributed by atoms with E-state index in [1.54, 1.807) is 26.2 Å². The fourth-order valence-corrected chi connectivity index (χ4v) is 3.54. The van der Waals surface area contributed by atoms with Crippen LogP contribution in [0.3, 0.4) is 0 Å². The van der Waals surface area contributed by atoms with Crippen LogP contribution < -0.4 is 10.1 Å². The largest absolute Gasteiger partial charge is 0.497 e. The number of ether oxygens (including phenoxy) is 1. The van der Waals surface area contributed by atoms with Crippen molar-refractivity contribution in [1.82, 2.24) is 14.8 Å². The monoisotopic (exact) mass is 400 g/mol. The Bertz CT molecular complexity index is 959. The molecule has 1 aromatic heterocycles. The van der Waals surface area contributed by atoms with Crippen LogP contribution in [0.15, 0.2) is 53.7 Å². The lowest BCUT2D eigenvalue weighted by Crippen LogP contribution is -2.23. The number of benzene rings is 2. The zero-order valence-corrected chi connectivity index (χ0v) is 16.7. The van der Waals surface area contributed by atoms with Crippen molar-refractivity contribution >= 4 is 23.4 Å². The fraction of sp³-hybridized carbons (Fsp3) is 0.250. The van der Waals surface area contributed by atoms with Crippen LogP contribution in [0.1, 0.15) is 13.8 Å². The Morgan fingerprint density at radius 2 is 1.93 bits per heavy atom. The topological polar surface area (TPSA) is 69.0 Å². The van der Waals surface area contributed by atoms with Crippen LogP contribution in [-0.4, -0.2) is 33.0 Å². The summed E-state index contributed by atoms with van der Waals surface area (Å²) in [6, 6.07) is 13.6. The number of aromatic nitrogens is 3. The number of carbonyl (C=O) groups is 1. The maximum atomic E-state index is 13.7. The SMILES string of the molecule is CCn1c(S[C@@H](C)C(=O)Nc2ccccc2F)nnc1-c1ccc(OC)cc1. The molecule has 0 aliphatic heterocycles. The van der Waals surface area contributed by atoms with Crippen molar-refractivity contribution in [1.29, 1.82) is 0 Å². The minimum Gasteiger partial charge on any atom is -0.497 e. The number of anilines is 1. The number of nitrogens with one attached hydrogen (secondary N) is 1. The zero-order chi connectivity index (χ0) is 20.1. The van der Waals surface area contributed by atoms with Gasteiger partial charge in [-0.05, 0) is 50.2 Å². The first-order valence-corrected chi connectivity index (χ1v) is 9.71. The molecule has 8 heteroatoms. The predicted octanol–water partition coefficient (Wildman–Crippen LogP) is 4.23. The highest BCUT2D eigenvalue weighted by Gasteiger charge is 2.21. The Kier molecular flexibility index (Phi) is 6.30. The Balaban J connectivity index is 1.75. The van der Waals surface area contributed by atoms with E-state index in [-0.39, 0.29) is 11.6 Å². The number of amides is 1. The molecule has 3 aromatic rings. The van der Waals surface area contributed by atoms with E-state index >= 15 is 0 Å². The molecule has 1 N–H and O–H groups in total. The second-order valence-corrected chi connectivity index (χ2v) is 7.32. The Labute approximate surface area is 167 Å². The zero-order valence-electron chi connectivity index (χ0n) is 15.8. The maximum absolute atomic E-state index is 13.7. The molecule has 3 rings (SSSR count). The summed E-state index contributed by atoms with van der Waals surface area (Å²) in [5.74, 6) is 0.715. The fourth-order valence-electron chi connectivity index (χ4n) is 2.62. The normalized spacial score (nSPS) is 11.9. The molecule has 6 nitrogen and oxygen atoms in total. The van der Waals surface area contributed by atoms with Gasteiger partial charge in [0.1, 0.15) is 11.6 Å². The van der Waals surface area contributed by atoms with E-state index in [4.69, 9.17) is 4.74 Å². The number of rotatable bonds is 7. The third-order valence-electron chi connectivity index (χ3n) is 4.16. The van der Waals surface area contributed by atoms with E-state index in [1.165, 1.54) is 23.9 Å². The van der Waals surface area contributed by atoms with Gasteiger partial charge in [0.25, 0.3) is 0 Å². The van der Waals surface area contributed by atoms with Crippen molar-refractivity contribution in [3.8, 4) is 17.1 Å². The lowest BCUT2D eigenvalue weighted by molar-refractivity contribution is -0.115. The van der Waals surface area contributed by atoms with E-state index in [0.717, 1.165) is 17.1 Å². The molecule has 1 amide bonds. The van der Waals surface area contributed by atoms with Crippen molar-refractivity contribution < 1.29 is 13.9 Å². The molecular formula is C20H21FN4O2S. The first-order valence-electron chi connectivity index (χ1n) is 8.83. The van der Waals surface area contributed by atoms with Crippen LogP contribution in [0.5, 0.6) is 5.75 Å². The molecule has 0 aliphatic carbocycles. The molecule has 0 fully saturated rings. The van der Waals surface area contributed by atoms with E-state index in [2.05, 4.69) is 15.5 Å². The number of nitrogens with zero attached hydrogens (tertiary/aromatic N) is 3. The molecule has 0 saturated carbocycles.